The third kappa shape index (κ3) is 3.15. The van der Waals surface area contributed by atoms with Gasteiger partial charge in [-0.25, -0.2) is 0 Å². The molecule has 0 aliphatic carbocycles. The third-order valence-corrected chi connectivity index (χ3v) is 4.02. The molecule has 0 radical (unpaired) electrons. The molecule has 0 spiro atoms. The first kappa shape index (κ1) is 15.0. The fourth-order valence-electron chi connectivity index (χ4n) is 2.81. The molecule has 0 saturated heterocycles. The summed E-state index contributed by atoms with van der Waals surface area (Å²) in [5.41, 5.74) is 3.73. The topological polar surface area (TPSA) is 75.5 Å². The number of nitrogens with one attached hydrogen (secondary N) is 1. The van der Waals surface area contributed by atoms with Crippen LogP contribution in [-0.2, 0) is 11.2 Å². The van der Waals surface area contributed by atoms with Crippen LogP contribution in [0.2, 0.25) is 0 Å². The molecule has 118 valence electrons. The van der Waals surface area contributed by atoms with Crippen molar-refractivity contribution in [3.8, 4) is 0 Å². The lowest BCUT2D eigenvalue weighted by Gasteiger charge is -2.19. The van der Waals surface area contributed by atoms with E-state index in [4.69, 9.17) is 0 Å². The van der Waals surface area contributed by atoms with Crippen LogP contribution < -0.4 is 10.2 Å². The van der Waals surface area contributed by atoms with Crippen LogP contribution in [0.25, 0.3) is 0 Å². The number of hydrogen-bond donors (Lipinski definition) is 1. The maximum absolute atomic E-state index is 12.2. The monoisotopic (exact) mass is 311 g/mol. The summed E-state index contributed by atoms with van der Waals surface area (Å²) in [6.07, 6.45) is 0.717. The van der Waals surface area contributed by atoms with Gasteiger partial charge < -0.3 is 10.2 Å². The van der Waals surface area contributed by atoms with E-state index in [0.29, 0.717) is 13.0 Å². The molecule has 1 heterocycles. The lowest BCUT2D eigenvalue weighted by molar-refractivity contribution is -0.384. The highest BCUT2D eigenvalue weighted by molar-refractivity contribution is 5.95. The molecule has 0 aromatic heterocycles. The number of nitro groups is 1. The van der Waals surface area contributed by atoms with Crippen molar-refractivity contribution in [3.05, 3.63) is 63.7 Å². The molecule has 2 aromatic carbocycles. The van der Waals surface area contributed by atoms with Crippen molar-refractivity contribution in [3.63, 3.8) is 0 Å². The first-order valence-electron chi connectivity index (χ1n) is 7.42. The summed E-state index contributed by atoms with van der Waals surface area (Å²) in [5, 5.41) is 13.7. The van der Waals surface area contributed by atoms with E-state index >= 15 is 0 Å². The van der Waals surface area contributed by atoms with E-state index in [-0.39, 0.29) is 18.1 Å². The van der Waals surface area contributed by atoms with Crippen molar-refractivity contribution < 1.29 is 9.72 Å². The maximum atomic E-state index is 12.2. The molecular weight excluding hydrogens is 294 g/mol. The number of benzene rings is 2. The molecule has 23 heavy (non-hydrogen) atoms. The normalized spacial score (nSPS) is 12.8. The number of aryl methyl sites for hydroxylation is 1. The van der Waals surface area contributed by atoms with E-state index in [9.17, 15) is 14.9 Å². The zero-order valence-electron chi connectivity index (χ0n) is 12.8. The fourth-order valence-corrected chi connectivity index (χ4v) is 2.81. The van der Waals surface area contributed by atoms with Gasteiger partial charge in [0.1, 0.15) is 0 Å². The molecule has 1 amide bonds. The van der Waals surface area contributed by atoms with Crippen LogP contribution in [0.5, 0.6) is 0 Å². The number of hydrogen-bond acceptors (Lipinski definition) is 4. The first-order valence-corrected chi connectivity index (χ1v) is 7.42. The van der Waals surface area contributed by atoms with E-state index < -0.39 is 4.92 Å². The van der Waals surface area contributed by atoms with Crippen LogP contribution in [0.1, 0.15) is 11.1 Å². The van der Waals surface area contributed by atoms with Crippen LogP contribution in [0, 0.1) is 17.0 Å². The number of nitrogens with zero attached hydrogens (tertiary/aromatic N) is 2. The Morgan fingerprint density at radius 1 is 1.30 bits per heavy atom. The number of carbonyl (C=O) groups excluding carboxylic acids is 1. The molecule has 0 fully saturated rings. The minimum Gasteiger partial charge on any atom is -0.362 e. The Morgan fingerprint density at radius 2 is 2.09 bits per heavy atom. The van der Waals surface area contributed by atoms with Gasteiger partial charge in [-0.2, -0.15) is 0 Å². The number of amides is 1. The molecule has 6 nitrogen and oxygen atoms in total. The minimum atomic E-state index is -0.395. The zero-order valence-corrected chi connectivity index (χ0v) is 12.8. The van der Waals surface area contributed by atoms with Crippen LogP contribution >= 0.6 is 0 Å². The van der Waals surface area contributed by atoms with Gasteiger partial charge in [-0.3, -0.25) is 14.9 Å². The van der Waals surface area contributed by atoms with Crippen molar-refractivity contribution in [2.24, 2.45) is 0 Å². The van der Waals surface area contributed by atoms with Crippen LogP contribution in [0.4, 0.5) is 17.1 Å². The Bertz CT molecular complexity index is 773. The molecule has 0 bridgehead atoms. The maximum Gasteiger partial charge on any atom is 0.269 e. The van der Waals surface area contributed by atoms with Crippen LogP contribution in [0.15, 0.2) is 42.5 Å². The highest BCUT2D eigenvalue weighted by Gasteiger charge is 2.23. The number of nitro benzene ring substituents is 1. The van der Waals surface area contributed by atoms with Crippen molar-refractivity contribution >= 4 is 23.0 Å². The highest BCUT2D eigenvalue weighted by Crippen LogP contribution is 2.31. The van der Waals surface area contributed by atoms with Crippen molar-refractivity contribution in [2.75, 3.05) is 23.3 Å². The summed E-state index contributed by atoms with van der Waals surface area (Å²) in [4.78, 5) is 24.6. The quantitative estimate of drug-likeness (QED) is 0.696. The summed E-state index contributed by atoms with van der Waals surface area (Å²) in [7, 11) is 0. The Balaban J connectivity index is 1.70. The zero-order chi connectivity index (χ0) is 16.4. The molecule has 6 heteroatoms. The van der Waals surface area contributed by atoms with Gasteiger partial charge in [0.15, 0.2) is 0 Å². The predicted molar refractivity (Wildman–Crippen MR) is 88.8 cm³/mol. The molecule has 2 aromatic rings. The van der Waals surface area contributed by atoms with E-state index in [2.05, 4.69) is 5.32 Å². The molecule has 1 aliphatic rings. The SMILES string of the molecule is Cc1ccccc1NC(=O)CN1CCc2cc([N+](=O)[O-])ccc21. The van der Waals surface area contributed by atoms with Gasteiger partial charge in [0.25, 0.3) is 5.69 Å². The molecule has 1 N–H and O–H groups in total. The van der Waals surface area contributed by atoms with Crippen LogP contribution in [-0.4, -0.2) is 23.9 Å². The van der Waals surface area contributed by atoms with Crippen LogP contribution in [0.3, 0.4) is 0 Å². The van der Waals surface area contributed by atoms with Crippen molar-refractivity contribution in [1.29, 1.82) is 0 Å². The standard InChI is InChI=1S/C17H17N3O3/c1-12-4-2-3-5-15(12)18-17(21)11-19-9-8-13-10-14(20(22)23)6-7-16(13)19/h2-7,10H,8-9,11H2,1H3,(H,18,21). The summed E-state index contributed by atoms with van der Waals surface area (Å²) in [5.74, 6) is -0.0921. The van der Waals surface area contributed by atoms with Gasteiger partial charge in [-0.1, -0.05) is 18.2 Å². The van der Waals surface area contributed by atoms with Gasteiger partial charge in [0.05, 0.1) is 11.5 Å². The Labute approximate surface area is 133 Å². The minimum absolute atomic E-state index is 0.0921. The van der Waals surface area contributed by atoms with E-state index in [1.165, 1.54) is 6.07 Å². The lowest BCUT2D eigenvalue weighted by Crippen LogP contribution is -2.32. The molecule has 0 saturated carbocycles. The lowest BCUT2D eigenvalue weighted by atomic mass is 10.1. The highest BCUT2D eigenvalue weighted by atomic mass is 16.6. The summed E-state index contributed by atoms with van der Waals surface area (Å²) < 4.78 is 0. The van der Waals surface area contributed by atoms with E-state index in [1.807, 2.05) is 36.1 Å². The average molecular weight is 311 g/mol. The second-order valence-electron chi connectivity index (χ2n) is 5.60. The van der Waals surface area contributed by atoms with Gasteiger partial charge in [0.2, 0.25) is 5.91 Å². The molecule has 0 unspecified atom stereocenters. The van der Waals surface area contributed by atoms with Gasteiger partial charge in [0, 0.05) is 30.1 Å². The average Bonchev–Trinajstić information content (AvgIpc) is 2.92. The van der Waals surface area contributed by atoms with E-state index in [0.717, 1.165) is 22.5 Å². The molecular formula is C17H17N3O3. The number of non-ortho nitro benzene ring substituents is 1. The molecule has 0 atom stereocenters. The number of fused-ring (bicyclic) bond motifs is 1. The Kier molecular flexibility index (Phi) is 3.97. The van der Waals surface area contributed by atoms with Gasteiger partial charge >= 0.3 is 0 Å². The molecule has 1 aliphatic heterocycles. The summed E-state index contributed by atoms with van der Waals surface area (Å²) in [6.45, 7) is 2.87. The fraction of sp³-hybridized carbons (Fsp3) is 0.235. The largest absolute Gasteiger partial charge is 0.362 e. The smallest absolute Gasteiger partial charge is 0.269 e. The molecule has 3 rings (SSSR count). The first-order chi connectivity index (χ1) is 11.0. The van der Waals surface area contributed by atoms with Gasteiger partial charge in [-0.15, -0.1) is 0 Å². The predicted octanol–water partition coefficient (Wildman–Crippen LogP) is 2.90. The summed E-state index contributed by atoms with van der Waals surface area (Å²) >= 11 is 0. The summed E-state index contributed by atoms with van der Waals surface area (Å²) in [6, 6.07) is 12.4. The third-order valence-electron chi connectivity index (χ3n) is 4.02. The second kappa shape index (κ2) is 6.08. The van der Waals surface area contributed by atoms with Crippen molar-refractivity contribution in [1.82, 2.24) is 0 Å². The Hall–Kier alpha value is -2.89. The number of rotatable bonds is 4. The number of carbonyl (C=O) groups is 1. The Morgan fingerprint density at radius 3 is 2.83 bits per heavy atom. The number of anilines is 2. The number of para-hydroxylation sites is 1. The second-order valence-corrected chi connectivity index (χ2v) is 5.60. The van der Waals surface area contributed by atoms with Crippen molar-refractivity contribution in [2.45, 2.75) is 13.3 Å². The van der Waals surface area contributed by atoms with Gasteiger partial charge in [-0.05, 0) is 36.6 Å². The van der Waals surface area contributed by atoms with E-state index in [1.54, 1.807) is 12.1 Å².